The first kappa shape index (κ1) is 14.1. The van der Waals surface area contributed by atoms with Crippen LogP contribution < -0.4 is 15.6 Å². The molecule has 20 heavy (non-hydrogen) atoms. The minimum absolute atomic E-state index is 0.271. The van der Waals surface area contributed by atoms with Gasteiger partial charge >= 0.3 is 0 Å². The fraction of sp³-hybridized carbons (Fsp3) is 0.125. The lowest BCUT2D eigenvalue weighted by Crippen LogP contribution is -2.30. The smallest absolute Gasteiger partial charge is 0.144 e. The largest absolute Gasteiger partial charge is 0.487 e. The molecule has 2 N–H and O–H groups in total. The summed E-state index contributed by atoms with van der Waals surface area (Å²) in [5, 5.41) is 1.53. The first-order valence-corrected chi connectivity index (χ1v) is 6.30. The van der Waals surface area contributed by atoms with Crippen molar-refractivity contribution in [2.75, 3.05) is 11.6 Å². The van der Waals surface area contributed by atoms with Crippen LogP contribution in [0.1, 0.15) is 5.56 Å². The molecule has 2 rings (SSSR count). The molecule has 2 aromatic rings. The Morgan fingerprint density at radius 3 is 2.75 bits per heavy atom. The number of nitrogens with zero attached hydrogens (tertiary/aromatic N) is 1. The third-order valence-corrected chi connectivity index (χ3v) is 2.77. The van der Waals surface area contributed by atoms with Gasteiger partial charge in [-0.2, -0.15) is 0 Å². The van der Waals surface area contributed by atoms with Gasteiger partial charge in [0.2, 0.25) is 0 Å². The number of ether oxygens (including phenoxy) is 1. The highest BCUT2D eigenvalue weighted by atomic mass is 19.1. The predicted octanol–water partition coefficient (Wildman–Crippen LogP) is 3.27. The molecule has 0 heterocycles. The van der Waals surface area contributed by atoms with Crippen molar-refractivity contribution < 1.29 is 9.13 Å². The zero-order chi connectivity index (χ0) is 14.4. The third kappa shape index (κ3) is 3.59. The molecule has 0 saturated carbocycles. The monoisotopic (exact) mass is 272 g/mol. The molecule has 0 fully saturated rings. The van der Waals surface area contributed by atoms with Gasteiger partial charge in [0.15, 0.2) is 0 Å². The summed E-state index contributed by atoms with van der Waals surface area (Å²) in [6, 6.07) is 13.8. The van der Waals surface area contributed by atoms with Gasteiger partial charge in [-0.25, -0.2) is 10.2 Å². The van der Waals surface area contributed by atoms with Crippen molar-refractivity contribution in [1.82, 2.24) is 0 Å². The van der Waals surface area contributed by atoms with Gasteiger partial charge < -0.3 is 9.75 Å². The minimum atomic E-state index is -0.271. The van der Waals surface area contributed by atoms with E-state index in [2.05, 4.69) is 6.58 Å². The highest BCUT2D eigenvalue weighted by Crippen LogP contribution is 2.27. The summed E-state index contributed by atoms with van der Waals surface area (Å²) in [5.41, 5.74) is 1.55. The van der Waals surface area contributed by atoms with E-state index in [-0.39, 0.29) is 5.82 Å². The summed E-state index contributed by atoms with van der Waals surface area (Å²) in [5.74, 6) is 6.46. The van der Waals surface area contributed by atoms with E-state index in [4.69, 9.17) is 10.6 Å². The lowest BCUT2D eigenvalue weighted by molar-refractivity contribution is 0.363. The van der Waals surface area contributed by atoms with Crippen LogP contribution in [0.4, 0.5) is 10.1 Å². The van der Waals surface area contributed by atoms with Crippen molar-refractivity contribution in [3.8, 4) is 5.75 Å². The quantitative estimate of drug-likeness (QED) is 0.498. The first-order valence-electron chi connectivity index (χ1n) is 6.30. The van der Waals surface area contributed by atoms with Gasteiger partial charge in [-0.15, -0.1) is 0 Å². The number of rotatable bonds is 6. The molecule has 0 aliphatic heterocycles. The highest BCUT2D eigenvalue weighted by Gasteiger charge is 2.09. The molecule has 0 aromatic heterocycles. The zero-order valence-electron chi connectivity index (χ0n) is 11.1. The number of hydrogen-bond acceptors (Lipinski definition) is 3. The van der Waals surface area contributed by atoms with Gasteiger partial charge in [0, 0.05) is 0 Å². The van der Waals surface area contributed by atoms with Crippen molar-refractivity contribution in [2.45, 2.75) is 6.54 Å². The maximum atomic E-state index is 13.2. The minimum Gasteiger partial charge on any atom is -0.487 e. The SMILES string of the molecule is C=CCOc1ccccc1N(N)Cc1cccc(F)c1. The van der Waals surface area contributed by atoms with Crippen LogP contribution in [0.3, 0.4) is 0 Å². The molecule has 0 aliphatic rings. The van der Waals surface area contributed by atoms with Crippen molar-refractivity contribution >= 4 is 5.69 Å². The van der Waals surface area contributed by atoms with Crippen LogP contribution >= 0.6 is 0 Å². The third-order valence-electron chi connectivity index (χ3n) is 2.77. The van der Waals surface area contributed by atoms with E-state index in [0.717, 1.165) is 11.3 Å². The lowest BCUT2D eigenvalue weighted by atomic mass is 10.2. The maximum absolute atomic E-state index is 13.2. The normalized spacial score (nSPS) is 10.1. The Morgan fingerprint density at radius 1 is 1.20 bits per heavy atom. The summed E-state index contributed by atoms with van der Waals surface area (Å²) in [6.45, 7) is 4.42. The standard InChI is InChI=1S/C16H17FN2O/c1-2-10-20-16-9-4-3-8-15(16)19(18)12-13-6-5-7-14(17)11-13/h2-9,11H,1,10,12,18H2. The number of anilines is 1. The average Bonchev–Trinajstić information content (AvgIpc) is 2.45. The van der Waals surface area contributed by atoms with E-state index in [1.54, 1.807) is 12.1 Å². The van der Waals surface area contributed by atoms with Gasteiger partial charge in [0.1, 0.15) is 18.2 Å². The Balaban J connectivity index is 2.16. The molecule has 0 radical (unpaired) electrons. The molecule has 2 aromatic carbocycles. The van der Waals surface area contributed by atoms with Crippen LogP contribution in [-0.2, 0) is 6.54 Å². The van der Waals surface area contributed by atoms with Crippen LogP contribution in [0.5, 0.6) is 5.75 Å². The van der Waals surface area contributed by atoms with Gasteiger partial charge in [-0.3, -0.25) is 0 Å². The van der Waals surface area contributed by atoms with E-state index in [1.165, 1.54) is 17.1 Å². The number of halogens is 1. The molecule has 0 aliphatic carbocycles. The van der Waals surface area contributed by atoms with E-state index < -0.39 is 0 Å². The first-order chi connectivity index (χ1) is 9.70. The van der Waals surface area contributed by atoms with Crippen LogP contribution in [0.25, 0.3) is 0 Å². The molecule has 0 spiro atoms. The van der Waals surface area contributed by atoms with Crippen molar-refractivity contribution in [2.24, 2.45) is 5.84 Å². The van der Waals surface area contributed by atoms with E-state index in [9.17, 15) is 4.39 Å². The zero-order valence-corrected chi connectivity index (χ0v) is 11.1. The van der Waals surface area contributed by atoms with E-state index in [0.29, 0.717) is 18.9 Å². The number of hydrazine groups is 1. The molecule has 0 bridgehead atoms. The van der Waals surface area contributed by atoms with E-state index >= 15 is 0 Å². The summed E-state index contributed by atoms with van der Waals surface area (Å²) in [4.78, 5) is 0. The van der Waals surface area contributed by atoms with Crippen molar-refractivity contribution in [3.63, 3.8) is 0 Å². The molecule has 0 amide bonds. The van der Waals surface area contributed by atoms with Gasteiger partial charge in [-0.05, 0) is 29.8 Å². The number of hydrogen-bond donors (Lipinski definition) is 1. The Bertz CT molecular complexity index is 586. The summed E-state index contributed by atoms with van der Waals surface area (Å²) in [6.07, 6.45) is 1.67. The lowest BCUT2D eigenvalue weighted by Gasteiger charge is -2.21. The highest BCUT2D eigenvalue weighted by molar-refractivity contribution is 5.57. The summed E-state index contributed by atoms with van der Waals surface area (Å²) in [7, 11) is 0. The molecule has 104 valence electrons. The molecule has 3 nitrogen and oxygen atoms in total. The molecular weight excluding hydrogens is 255 g/mol. The fourth-order valence-corrected chi connectivity index (χ4v) is 1.88. The second-order valence-corrected chi connectivity index (χ2v) is 4.33. The molecule has 0 atom stereocenters. The van der Waals surface area contributed by atoms with Crippen LogP contribution in [0, 0.1) is 5.82 Å². The Labute approximate surface area is 118 Å². The number of benzene rings is 2. The average molecular weight is 272 g/mol. The second-order valence-electron chi connectivity index (χ2n) is 4.33. The Hall–Kier alpha value is -2.33. The van der Waals surface area contributed by atoms with Crippen LogP contribution in [-0.4, -0.2) is 6.61 Å². The summed E-state index contributed by atoms with van der Waals surface area (Å²) < 4.78 is 18.7. The number of para-hydroxylation sites is 2. The van der Waals surface area contributed by atoms with Crippen molar-refractivity contribution in [1.29, 1.82) is 0 Å². The van der Waals surface area contributed by atoms with Crippen molar-refractivity contribution in [3.05, 3.63) is 72.6 Å². The van der Waals surface area contributed by atoms with E-state index in [1.807, 2.05) is 30.3 Å². The van der Waals surface area contributed by atoms with Gasteiger partial charge in [-0.1, -0.05) is 36.9 Å². The van der Waals surface area contributed by atoms with Crippen LogP contribution in [0.2, 0.25) is 0 Å². The Kier molecular flexibility index (Phi) is 4.74. The number of nitrogens with two attached hydrogens (primary N) is 1. The Morgan fingerprint density at radius 2 is 2.00 bits per heavy atom. The molecule has 4 heteroatoms. The predicted molar refractivity (Wildman–Crippen MR) is 78.9 cm³/mol. The fourth-order valence-electron chi connectivity index (χ4n) is 1.88. The van der Waals surface area contributed by atoms with Gasteiger partial charge in [0.25, 0.3) is 0 Å². The topological polar surface area (TPSA) is 38.5 Å². The molecule has 0 unspecified atom stereocenters. The summed E-state index contributed by atoms with van der Waals surface area (Å²) >= 11 is 0. The van der Waals surface area contributed by atoms with Gasteiger partial charge in [0.05, 0.1) is 12.2 Å². The second kappa shape index (κ2) is 6.73. The van der Waals surface area contributed by atoms with Crippen LogP contribution in [0.15, 0.2) is 61.2 Å². The molecule has 0 saturated heterocycles. The maximum Gasteiger partial charge on any atom is 0.144 e. The molecular formula is C16H17FN2O.